The van der Waals surface area contributed by atoms with Gasteiger partial charge >= 0.3 is 0 Å². The van der Waals surface area contributed by atoms with Gasteiger partial charge in [-0.2, -0.15) is 0 Å². The van der Waals surface area contributed by atoms with Crippen molar-refractivity contribution in [1.29, 1.82) is 0 Å². The molecule has 0 amide bonds. The summed E-state index contributed by atoms with van der Waals surface area (Å²) in [4.78, 5) is 8.67. The van der Waals surface area contributed by atoms with Crippen LogP contribution < -0.4 is 16.0 Å². The maximum absolute atomic E-state index is 5.34. The Bertz CT molecular complexity index is 858. The van der Waals surface area contributed by atoms with Gasteiger partial charge in [0.05, 0.1) is 0 Å². The fraction of sp³-hybridized carbons (Fsp3) is 0.150. The smallest absolute Gasteiger partial charge is 0.175 e. The summed E-state index contributed by atoms with van der Waals surface area (Å²) in [6, 6.07) is 19.9. The normalized spacial score (nSPS) is 10.2. The molecule has 1 aromatic heterocycles. The summed E-state index contributed by atoms with van der Waals surface area (Å²) in [6.07, 6.45) is 0. The number of rotatable bonds is 5. The van der Waals surface area contributed by atoms with E-state index < -0.39 is 0 Å². The van der Waals surface area contributed by atoms with Gasteiger partial charge in [-0.15, -0.1) is 0 Å². The molecule has 0 spiro atoms. The molecule has 3 aromatic rings. The molecular formula is C20H21N5S. The van der Waals surface area contributed by atoms with Crippen molar-refractivity contribution < 1.29 is 0 Å². The van der Waals surface area contributed by atoms with Crippen LogP contribution in [-0.2, 0) is 6.54 Å². The van der Waals surface area contributed by atoms with Crippen molar-refractivity contribution in [2.24, 2.45) is 0 Å². The van der Waals surface area contributed by atoms with Crippen molar-refractivity contribution in [3.8, 4) is 0 Å². The van der Waals surface area contributed by atoms with Gasteiger partial charge in [-0.25, -0.2) is 9.97 Å². The average Bonchev–Trinajstić information content (AvgIpc) is 2.61. The first kappa shape index (κ1) is 17.8. The van der Waals surface area contributed by atoms with Crippen LogP contribution in [0.1, 0.15) is 17.1 Å². The lowest BCUT2D eigenvalue weighted by Gasteiger charge is -2.11. The minimum absolute atomic E-state index is 0.564. The molecule has 3 N–H and O–H groups in total. The van der Waals surface area contributed by atoms with Crippen molar-refractivity contribution in [3.63, 3.8) is 0 Å². The lowest BCUT2D eigenvalue weighted by Crippen LogP contribution is -2.18. The first-order chi connectivity index (χ1) is 12.6. The SMILES string of the molecule is Cc1cc(NCc2ccc(NC(=S)Nc3ccccc3)cc2)nc(C)n1. The molecule has 0 saturated heterocycles. The van der Waals surface area contributed by atoms with Crippen molar-refractivity contribution in [1.82, 2.24) is 9.97 Å². The zero-order valence-electron chi connectivity index (χ0n) is 14.8. The zero-order valence-corrected chi connectivity index (χ0v) is 15.6. The number of nitrogens with zero attached hydrogens (tertiary/aromatic N) is 2. The number of aryl methyl sites for hydroxylation is 2. The molecule has 2 aromatic carbocycles. The van der Waals surface area contributed by atoms with E-state index in [4.69, 9.17) is 12.2 Å². The van der Waals surface area contributed by atoms with E-state index in [2.05, 4.69) is 38.1 Å². The van der Waals surface area contributed by atoms with Crippen molar-refractivity contribution >= 4 is 34.5 Å². The highest BCUT2D eigenvalue weighted by molar-refractivity contribution is 7.80. The van der Waals surface area contributed by atoms with E-state index >= 15 is 0 Å². The Morgan fingerprint density at radius 2 is 1.54 bits per heavy atom. The van der Waals surface area contributed by atoms with Gasteiger partial charge in [0.2, 0.25) is 0 Å². The van der Waals surface area contributed by atoms with Gasteiger partial charge in [-0.3, -0.25) is 0 Å². The molecular weight excluding hydrogens is 342 g/mol. The third-order valence-electron chi connectivity index (χ3n) is 3.68. The van der Waals surface area contributed by atoms with Gasteiger partial charge in [0.25, 0.3) is 0 Å². The second kappa shape index (κ2) is 8.40. The molecule has 0 bridgehead atoms. The van der Waals surface area contributed by atoms with Gasteiger partial charge in [-0.1, -0.05) is 30.3 Å². The number of hydrogen-bond acceptors (Lipinski definition) is 4. The Morgan fingerprint density at radius 1 is 0.885 bits per heavy atom. The predicted molar refractivity (Wildman–Crippen MR) is 112 cm³/mol. The maximum Gasteiger partial charge on any atom is 0.175 e. The van der Waals surface area contributed by atoms with Gasteiger partial charge in [0, 0.05) is 29.7 Å². The first-order valence-corrected chi connectivity index (χ1v) is 8.77. The summed E-state index contributed by atoms with van der Waals surface area (Å²) < 4.78 is 0. The van der Waals surface area contributed by atoms with Crippen molar-refractivity contribution in [3.05, 3.63) is 77.7 Å². The zero-order chi connectivity index (χ0) is 18.4. The van der Waals surface area contributed by atoms with E-state index in [1.165, 1.54) is 0 Å². The third kappa shape index (κ3) is 5.26. The minimum atomic E-state index is 0.564. The third-order valence-corrected chi connectivity index (χ3v) is 3.89. The molecule has 0 aliphatic rings. The molecule has 1 heterocycles. The Labute approximate surface area is 158 Å². The molecule has 132 valence electrons. The highest BCUT2D eigenvalue weighted by Gasteiger charge is 2.01. The molecule has 0 radical (unpaired) electrons. The minimum Gasteiger partial charge on any atom is -0.366 e. The Balaban J connectivity index is 1.54. The van der Waals surface area contributed by atoms with Crippen LogP contribution >= 0.6 is 12.2 Å². The van der Waals surface area contributed by atoms with E-state index in [1.807, 2.05) is 62.4 Å². The molecule has 0 aliphatic carbocycles. The number of anilines is 3. The molecule has 0 unspecified atom stereocenters. The largest absolute Gasteiger partial charge is 0.366 e. The number of nitrogens with one attached hydrogen (secondary N) is 3. The predicted octanol–water partition coefficient (Wildman–Crippen LogP) is 4.51. The Kier molecular flexibility index (Phi) is 5.76. The van der Waals surface area contributed by atoms with E-state index in [9.17, 15) is 0 Å². The second-order valence-electron chi connectivity index (χ2n) is 5.94. The number of aromatic nitrogens is 2. The van der Waals surface area contributed by atoms with Crippen LogP contribution in [0.25, 0.3) is 0 Å². The van der Waals surface area contributed by atoms with Gasteiger partial charge in [0.1, 0.15) is 11.6 Å². The molecule has 5 nitrogen and oxygen atoms in total. The lowest BCUT2D eigenvalue weighted by atomic mass is 10.2. The summed E-state index contributed by atoms with van der Waals surface area (Å²) in [6.45, 7) is 4.56. The number of para-hydroxylation sites is 1. The van der Waals surface area contributed by atoms with Gasteiger partial charge in [-0.05, 0) is 55.9 Å². The quantitative estimate of drug-likeness (QED) is 0.580. The number of thiocarbonyl (C=S) groups is 1. The summed E-state index contributed by atoms with van der Waals surface area (Å²) in [5.74, 6) is 1.61. The molecule has 26 heavy (non-hydrogen) atoms. The number of benzene rings is 2. The van der Waals surface area contributed by atoms with Crippen LogP contribution in [0.15, 0.2) is 60.7 Å². The standard InChI is InChI=1S/C20H21N5S/c1-14-12-19(23-15(2)22-14)21-13-16-8-10-18(11-9-16)25-20(26)24-17-6-4-3-5-7-17/h3-12H,13H2,1-2H3,(H,21,22,23)(H2,24,25,26). The van der Waals surface area contributed by atoms with Crippen LogP contribution in [0.2, 0.25) is 0 Å². The van der Waals surface area contributed by atoms with Crippen LogP contribution in [0.4, 0.5) is 17.2 Å². The average molecular weight is 363 g/mol. The van der Waals surface area contributed by atoms with Crippen LogP contribution in [0.3, 0.4) is 0 Å². The number of hydrogen-bond donors (Lipinski definition) is 3. The second-order valence-corrected chi connectivity index (χ2v) is 6.35. The lowest BCUT2D eigenvalue weighted by molar-refractivity contribution is 0.992. The monoisotopic (exact) mass is 363 g/mol. The fourth-order valence-corrected chi connectivity index (χ4v) is 2.76. The van der Waals surface area contributed by atoms with E-state index in [-0.39, 0.29) is 0 Å². The van der Waals surface area contributed by atoms with Gasteiger partial charge in [0.15, 0.2) is 5.11 Å². The first-order valence-electron chi connectivity index (χ1n) is 8.37. The van der Waals surface area contributed by atoms with Crippen LogP contribution in [-0.4, -0.2) is 15.1 Å². The van der Waals surface area contributed by atoms with E-state index in [1.54, 1.807) is 0 Å². The van der Waals surface area contributed by atoms with Gasteiger partial charge < -0.3 is 16.0 Å². The maximum atomic E-state index is 5.34. The summed E-state index contributed by atoms with van der Waals surface area (Å²) >= 11 is 5.34. The Morgan fingerprint density at radius 3 is 2.19 bits per heavy atom. The van der Waals surface area contributed by atoms with Crippen LogP contribution in [0.5, 0.6) is 0 Å². The summed E-state index contributed by atoms with van der Waals surface area (Å²) in [5, 5.41) is 10.2. The molecule has 0 fully saturated rings. The molecule has 3 rings (SSSR count). The van der Waals surface area contributed by atoms with Crippen molar-refractivity contribution in [2.45, 2.75) is 20.4 Å². The topological polar surface area (TPSA) is 61.9 Å². The fourth-order valence-electron chi connectivity index (χ4n) is 2.52. The Hall–Kier alpha value is -2.99. The van der Waals surface area contributed by atoms with Crippen molar-refractivity contribution in [2.75, 3.05) is 16.0 Å². The molecule has 0 aliphatic heterocycles. The molecule has 0 atom stereocenters. The highest BCUT2D eigenvalue weighted by Crippen LogP contribution is 2.13. The molecule has 6 heteroatoms. The van der Waals surface area contributed by atoms with Crippen LogP contribution in [0, 0.1) is 13.8 Å². The summed E-state index contributed by atoms with van der Waals surface area (Å²) in [7, 11) is 0. The van der Waals surface area contributed by atoms with E-state index in [0.717, 1.165) is 34.3 Å². The van der Waals surface area contributed by atoms with E-state index in [0.29, 0.717) is 11.7 Å². The summed E-state index contributed by atoms with van der Waals surface area (Å²) in [5.41, 5.74) is 4.02. The molecule has 0 saturated carbocycles. The highest BCUT2D eigenvalue weighted by atomic mass is 32.1.